The molecule has 4 N–H and O–H groups in total. The number of imidazole rings is 2. The second-order valence-corrected chi connectivity index (χ2v) is 8.77. The zero-order valence-electron chi connectivity index (χ0n) is 17.9. The van der Waals surface area contributed by atoms with E-state index >= 15 is 0 Å². The summed E-state index contributed by atoms with van der Waals surface area (Å²) in [5.41, 5.74) is 10.4. The molecule has 6 heterocycles. The molecule has 2 saturated heterocycles. The number of fused-ring (bicyclic) bond motifs is 3. The van der Waals surface area contributed by atoms with Crippen LogP contribution in [0, 0.1) is 0 Å². The molecular formula is C23H24N8O2. The summed E-state index contributed by atoms with van der Waals surface area (Å²) in [7, 11) is 0. The van der Waals surface area contributed by atoms with Crippen molar-refractivity contribution < 1.29 is 9.90 Å². The van der Waals surface area contributed by atoms with E-state index in [1.165, 1.54) is 0 Å². The molecule has 10 nitrogen and oxygen atoms in total. The van der Waals surface area contributed by atoms with Gasteiger partial charge in [-0.25, -0.2) is 15.0 Å². The van der Waals surface area contributed by atoms with Crippen molar-refractivity contribution >= 4 is 17.4 Å². The second kappa shape index (κ2) is 7.66. The van der Waals surface area contributed by atoms with E-state index in [4.69, 9.17) is 5.73 Å². The predicted molar refractivity (Wildman–Crippen MR) is 121 cm³/mol. The van der Waals surface area contributed by atoms with Crippen molar-refractivity contribution in [3.05, 3.63) is 48.8 Å². The molecule has 0 saturated carbocycles. The largest absolute Gasteiger partial charge is 0.387 e. The minimum Gasteiger partial charge on any atom is -0.387 e. The van der Waals surface area contributed by atoms with Crippen molar-refractivity contribution in [1.82, 2.24) is 34.2 Å². The maximum atomic E-state index is 12.2. The van der Waals surface area contributed by atoms with E-state index in [0.29, 0.717) is 11.5 Å². The summed E-state index contributed by atoms with van der Waals surface area (Å²) < 4.78 is 1.98. The lowest BCUT2D eigenvalue weighted by Crippen LogP contribution is -2.47. The number of hydrogen-bond donors (Lipinski definition) is 3. The lowest BCUT2D eigenvalue weighted by Gasteiger charge is -2.38. The smallest absolute Gasteiger partial charge is 0.248 e. The van der Waals surface area contributed by atoms with E-state index in [1.54, 1.807) is 24.8 Å². The third-order valence-corrected chi connectivity index (χ3v) is 6.91. The highest BCUT2D eigenvalue weighted by atomic mass is 16.3. The van der Waals surface area contributed by atoms with Gasteiger partial charge < -0.3 is 20.7 Å². The van der Waals surface area contributed by atoms with Gasteiger partial charge in [0.05, 0.1) is 17.6 Å². The van der Waals surface area contributed by atoms with Gasteiger partial charge >= 0.3 is 0 Å². The van der Waals surface area contributed by atoms with Crippen molar-refractivity contribution in [3.63, 3.8) is 0 Å². The number of carbonyl (C=O) groups is 1. The van der Waals surface area contributed by atoms with Crippen LogP contribution >= 0.6 is 0 Å². The number of piperidine rings is 1. The van der Waals surface area contributed by atoms with Gasteiger partial charge in [-0.3, -0.25) is 14.2 Å². The van der Waals surface area contributed by atoms with Crippen molar-refractivity contribution in [3.8, 4) is 22.8 Å². The Labute approximate surface area is 189 Å². The van der Waals surface area contributed by atoms with E-state index in [9.17, 15) is 9.90 Å². The van der Waals surface area contributed by atoms with E-state index in [1.807, 2.05) is 27.6 Å². The molecule has 2 fully saturated rings. The Morgan fingerprint density at radius 1 is 1.15 bits per heavy atom. The number of nitrogen functional groups attached to an aromatic ring is 1. The number of H-pyrrole nitrogens is 1. The van der Waals surface area contributed by atoms with Gasteiger partial charge in [0.15, 0.2) is 17.3 Å². The first-order chi connectivity index (χ1) is 16.1. The third kappa shape index (κ3) is 3.25. The Morgan fingerprint density at radius 2 is 1.97 bits per heavy atom. The summed E-state index contributed by atoms with van der Waals surface area (Å²) >= 11 is 0. The molecule has 2 bridgehead atoms. The van der Waals surface area contributed by atoms with Crippen LogP contribution in [0.5, 0.6) is 0 Å². The first-order valence-corrected chi connectivity index (χ1v) is 11.1. The summed E-state index contributed by atoms with van der Waals surface area (Å²) in [5, 5.41) is 9.33. The highest BCUT2D eigenvalue weighted by Gasteiger charge is 2.43. The van der Waals surface area contributed by atoms with Crippen LogP contribution in [0.25, 0.3) is 28.4 Å². The van der Waals surface area contributed by atoms with Crippen LogP contribution in [0.4, 0.5) is 5.82 Å². The van der Waals surface area contributed by atoms with Crippen LogP contribution in [-0.2, 0) is 4.79 Å². The zero-order chi connectivity index (χ0) is 22.5. The van der Waals surface area contributed by atoms with E-state index in [-0.39, 0.29) is 23.9 Å². The summed E-state index contributed by atoms with van der Waals surface area (Å²) in [6, 6.07) is 4.20. The second-order valence-electron chi connectivity index (χ2n) is 8.77. The van der Waals surface area contributed by atoms with Crippen molar-refractivity contribution in [2.45, 2.75) is 43.7 Å². The number of carbonyl (C=O) groups excluding carboxylic acids is 1. The van der Waals surface area contributed by atoms with E-state index in [2.05, 4.69) is 24.9 Å². The molecule has 4 aromatic heterocycles. The molecule has 2 aliphatic heterocycles. The number of hydrogen-bond acceptors (Lipinski definition) is 7. The molecule has 33 heavy (non-hydrogen) atoms. The molecular weight excluding hydrogens is 420 g/mol. The quantitative estimate of drug-likeness (QED) is 0.437. The number of anilines is 1. The highest BCUT2D eigenvalue weighted by molar-refractivity contribution is 5.78. The SMILES string of the molecule is Nc1nc(C2CC3CCC(C2)N3C(=O)CO)cn2c(-c3ccc(-c4ncc[nH]4)nc3)cnc12. The van der Waals surface area contributed by atoms with Gasteiger partial charge in [-0.15, -0.1) is 0 Å². The summed E-state index contributed by atoms with van der Waals surface area (Å²) in [5.74, 6) is 1.13. The molecule has 2 atom stereocenters. The number of aliphatic hydroxyl groups excluding tert-OH is 1. The zero-order valence-corrected chi connectivity index (χ0v) is 17.9. The van der Waals surface area contributed by atoms with Gasteiger partial charge in [-0.2, -0.15) is 0 Å². The summed E-state index contributed by atoms with van der Waals surface area (Å²) in [6.07, 6.45) is 12.6. The van der Waals surface area contributed by atoms with Crippen LogP contribution in [0.2, 0.25) is 0 Å². The normalized spacial score (nSPS) is 22.2. The number of pyridine rings is 1. The van der Waals surface area contributed by atoms with Crippen LogP contribution in [0.15, 0.2) is 43.1 Å². The molecule has 0 aromatic carbocycles. The molecule has 2 aliphatic rings. The maximum absolute atomic E-state index is 12.2. The maximum Gasteiger partial charge on any atom is 0.248 e. The number of rotatable bonds is 4. The van der Waals surface area contributed by atoms with E-state index < -0.39 is 6.61 Å². The topological polar surface area (TPSA) is 138 Å². The number of nitrogens with one attached hydrogen (secondary N) is 1. The Balaban J connectivity index is 1.33. The van der Waals surface area contributed by atoms with Gasteiger partial charge in [0.25, 0.3) is 0 Å². The average Bonchev–Trinajstić information content (AvgIpc) is 3.57. The average molecular weight is 444 g/mol. The van der Waals surface area contributed by atoms with Gasteiger partial charge in [-0.05, 0) is 37.8 Å². The lowest BCUT2D eigenvalue weighted by molar-refractivity contribution is -0.138. The predicted octanol–water partition coefficient (Wildman–Crippen LogP) is 1.99. The molecule has 1 amide bonds. The van der Waals surface area contributed by atoms with Crippen LogP contribution in [0.1, 0.15) is 37.3 Å². The number of aromatic nitrogens is 6. The standard InChI is InChI=1S/C23H24N8O2/c24-21-23-28-10-19(13-1-4-17(27-9-13)22-25-5-6-26-22)30(23)11-18(29-21)14-7-15-2-3-16(8-14)31(15)20(33)12-32/h1,4-6,9-11,14-16,32H,2-3,7-8,12H2,(H2,24,29)(H,25,26). The van der Waals surface area contributed by atoms with E-state index in [0.717, 1.165) is 54.2 Å². The molecule has 2 unspecified atom stereocenters. The fourth-order valence-corrected chi connectivity index (χ4v) is 5.44. The number of amides is 1. The third-order valence-electron chi connectivity index (χ3n) is 6.91. The molecule has 0 aliphatic carbocycles. The molecule has 168 valence electrons. The minimum absolute atomic E-state index is 0.146. The van der Waals surface area contributed by atoms with Crippen molar-refractivity contribution in [2.75, 3.05) is 12.3 Å². The van der Waals surface area contributed by atoms with Gasteiger partial charge in [0.1, 0.15) is 12.3 Å². The summed E-state index contributed by atoms with van der Waals surface area (Å²) in [4.78, 5) is 35.1. The lowest BCUT2D eigenvalue weighted by atomic mass is 9.88. The van der Waals surface area contributed by atoms with Gasteiger partial charge in [-0.1, -0.05) is 0 Å². The molecule has 4 aromatic rings. The number of nitrogens with zero attached hydrogens (tertiary/aromatic N) is 6. The minimum atomic E-state index is -0.431. The monoisotopic (exact) mass is 444 g/mol. The molecule has 10 heteroatoms. The van der Waals surface area contributed by atoms with Crippen LogP contribution in [0.3, 0.4) is 0 Å². The van der Waals surface area contributed by atoms with Crippen LogP contribution in [-0.4, -0.2) is 63.9 Å². The number of nitrogens with two attached hydrogens (primary N) is 1. The number of aromatic amines is 1. The molecule has 0 spiro atoms. The number of aliphatic hydroxyl groups is 1. The molecule has 6 rings (SSSR count). The first kappa shape index (κ1) is 19.9. The fraction of sp³-hybridized carbons (Fsp3) is 0.348. The summed E-state index contributed by atoms with van der Waals surface area (Å²) in [6.45, 7) is -0.431. The highest BCUT2D eigenvalue weighted by Crippen LogP contribution is 2.43. The van der Waals surface area contributed by atoms with Crippen molar-refractivity contribution in [2.24, 2.45) is 0 Å². The van der Waals surface area contributed by atoms with Gasteiger partial charge in [0, 0.05) is 48.4 Å². The fourth-order valence-electron chi connectivity index (χ4n) is 5.44. The molecule has 0 radical (unpaired) electrons. The van der Waals surface area contributed by atoms with Crippen LogP contribution < -0.4 is 5.73 Å². The van der Waals surface area contributed by atoms with Gasteiger partial charge in [0.2, 0.25) is 5.91 Å². The first-order valence-electron chi connectivity index (χ1n) is 11.1. The Morgan fingerprint density at radius 3 is 2.64 bits per heavy atom. The van der Waals surface area contributed by atoms with Crippen molar-refractivity contribution in [1.29, 1.82) is 0 Å². The Kier molecular flexibility index (Phi) is 4.61. The Bertz CT molecular complexity index is 1300. The Hall–Kier alpha value is -3.79.